The largest absolute Gasteiger partial charge is 0.481 e. The van der Waals surface area contributed by atoms with Crippen molar-refractivity contribution in [2.24, 2.45) is 0 Å². The highest BCUT2D eigenvalue weighted by molar-refractivity contribution is 9.25. The van der Waals surface area contributed by atoms with Gasteiger partial charge >= 0.3 is 5.97 Å². The Morgan fingerprint density at radius 1 is 1.67 bits per heavy atom. The normalized spacial score (nSPS) is 11.4. The summed E-state index contributed by atoms with van der Waals surface area (Å²) in [5, 5.41) is 8.24. The molecular formula is C5H8Br2O2. The van der Waals surface area contributed by atoms with E-state index < -0.39 is 5.97 Å². The molecule has 0 rings (SSSR count). The van der Waals surface area contributed by atoms with E-state index in [9.17, 15) is 4.79 Å². The molecule has 0 bridgehead atoms. The summed E-state index contributed by atoms with van der Waals surface area (Å²) in [6.07, 6.45) is 0.773. The molecule has 0 atom stereocenters. The Hall–Kier alpha value is 0.430. The molecule has 0 saturated carbocycles. The zero-order chi connectivity index (χ0) is 7.49. The van der Waals surface area contributed by atoms with Crippen LogP contribution in [0.2, 0.25) is 0 Å². The van der Waals surface area contributed by atoms with Crippen molar-refractivity contribution in [3.05, 3.63) is 0 Å². The average molecular weight is 260 g/mol. The fraction of sp³-hybridized carbons (Fsp3) is 0.800. The fourth-order valence-electron chi connectivity index (χ4n) is 0.326. The lowest BCUT2D eigenvalue weighted by Crippen LogP contribution is -2.07. The molecule has 0 aliphatic carbocycles. The van der Waals surface area contributed by atoms with Crippen molar-refractivity contribution in [3.63, 3.8) is 0 Å². The standard InChI is InChI=1S/C5H8Br2O2/c1-5(6,7)3-2-4(8)9/h2-3H2,1H3,(H,8,9). The lowest BCUT2D eigenvalue weighted by Gasteiger charge is -2.10. The maximum Gasteiger partial charge on any atom is 0.303 e. The van der Waals surface area contributed by atoms with Crippen molar-refractivity contribution in [1.82, 2.24) is 0 Å². The molecule has 0 unspecified atom stereocenters. The first kappa shape index (κ1) is 9.43. The van der Waals surface area contributed by atoms with Gasteiger partial charge in [-0.15, -0.1) is 0 Å². The van der Waals surface area contributed by atoms with Crippen molar-refractivity contribution >= 4 is 37.8 Å². The van der Waals surface area contributed by atoms with Gasteiger partial charge in [-0.1, -0.05) is 31.9 Å². The summed E-state index contributed by atoms with van der Waals surface area (Å²) in [6.45, 7) is 1.87. The maximum atomic E-state index is 10.0. The summed E-state index contributed by atoms with van der Waals surface area (Å²) in [6, 6.07) is 0. The van der Waals surface area contributed by atoms with Crippen LogP contribution in [0.25, 0.3) is 0 Å². The molecule has 0 saturated heterocycles. The van der Waals surface area contributed by atoms with Crippen LogP contribution in [0, 0.1) is 0 Å². The van der Waals surface area contributed by atoms with Gasteiger partial charge in [-0.05, 0) is 13.3 Å². The van der Waals surface area contributed by atoms with Gasteiger partial charge < -0.3 is 5.11 Å². The predicted molar refractivity (Wildman–Crippen MR) is 43.1 cm³/mol. The van der Waals surface area contributed by atoms with Crippen LogP contribution in [-0.2, 0) is 4.79 Å². The van der Waals surface area contributed by atoms with Gasteiger partial charge in [0, 0.05) is 6.42 Å². The summed E-state index contributed by atoms with van der Waals surface area (Å²) in [4.78, 5) is 10.0. The highest BCUT2D eigenvalue weighted by Gasteiger charge is 2.15. The van der Waals surface area contributed by atoms with Crippen LogP contribution < -0.4 is 0 Å². The number of aliphatic carboxylic acids is 1. The van der Waals surface area contributed by atoms with Gasteiger partial charge in [-0.3, -0.25) is 4.79 Å². The maximum absolute atomic E-state index is 10.0. The van der Waals surface area contributed by atoms with E-state index in [1.807, 2.05) is 6.92 Å². The van der Waals surface area contributed by atoms with E-state index in [-0.39, 0.29) is 9.65 Å². The molecule has 0 radical (unpaired) electrons. The van der Waals surface area contributed by atoms with Crippen molar-refractivity contribution in [2.45, 2.75) is 23.0 Å². The van der Waals surface area contributed by atoms with Crippen LogP contribution in [0.1, 0.15) is 19.8 Å². The molecule has 0 aromatic heterocycles. The van der Waals surface area contributed by atoms with Crippen LogP contribution in [0.4, 0.5) is 0 Å². The van der Waals surface area contributed by atoms with Crippen LogP contribution >= 0.6 is 31.9 Å². The monoisotopic (exact) mass is 258 g/mol. The SMILES string of the molecule is CC(Br)(Br)CCC(=O)O. The van der Waals surface area contributed by atoms with Crippen molar-refractivity contribution < 1.29 is 9.90 Å². The van der Waals surface area contributed by atoms with Gasteiger partial charge in [-0.25, -0.2) is 0 Å². The number of carboxylic acids is 1. The number of rotatable bonds is 3. The minimum atomic E-state index is -0.764. The number of hydrogen-bond donors (Lipinski definition) is 1. The summed E-state index contributed by atoms with van der Waals surface area (Å²) >= 11 is 6.52. The van der Waals surface area contributed by atoms with Crippen LogP contribution in [0.3, 0.4) is 0 Å². The zero-order valence-electron chi connectivity index (χ0n) is 5.03. The third kappa shape index (κ3) is 8.43. The molecule has 0 spiro atoms. The van der Waals surface area contributed by atoms with E-state index in [1.165, 1.54) is 0 Å². The second kappa shape index (κ2) is 3.56. The number of carbonyl (C=O) groups is 1. The van der Waals surface area contributed by atoms with Gasteiger partial charge in [0.25, 0.3) is 0 Å². The molecule has 2 nitrogen and oxygen atoms in total. The molecule has 0 heterocycles. The minimum absolute atomic E-state index is 0.188. The molecule has 0 fully saturated rings. The second-order valence-electron chi connectivity index (χ2n) is 1.96. The molecule has 0 aliphatic rings. The number of alkyl halides is 2. The first-order valence-corrected chi connectivity index (χ1v) is 4.10. The van der Waals surface area contributed by atoms with Gasteiger partial charge in [0.1, 0.15) is 0 Å². The van der Waals surface area contributed by atoms with Crippen molar-refractivity contribution in [1.29, 1.82) is 0 Å². The van der Waals surface area contributed by atoms with Gasteiger partial charge in [0.2, 0.25) is 0 Å². The number of halogens is 2. The Morgan fingerprint density at radius 3 is 2.22 bits per heavy atom. The van der Waals surface area contributed by atoms with E-state index in [1.54, 1.807) is 0 Å². The molecule has 0 aromatic carbocycles. The molecule has 0 amide bonds. The smallest absolute Gasteiger partial charge is 0.303 e. The molecule has 4 heteroatoms. The lowest BCUT2D eigenvalue weighted by molar-refractivity contribution is -0.137. The van der Waals surface area contributed by atoms with Crippen molar-refractivity contribution in [2.75, 3.05) is 0 Å². The lowest BCUT2D eigenvalue weighted by atomic mass is 10.2. The third-order valence-corrected chi connectivity index (χ3v) is 1.57. The predicted octanol–water partition coefficient (Wildman–Crippen LogP) is 2.36. The molecule has 54 valence electrons. The quantitative estimate of drug-likeness (QED) is 0.791. The highest BCUT2D eigenvalue weighted by atomic mass is 79.9. The van der Waals surface area contributed by atoms with Crippen LogP contribution in [0.5, 0.6) is 0 Å². The topological polar surface area (TPSA) is 37.3 Å². The average Bonchev–Trinajstić information content (AvgIpc) is 1.59. The Labute approximate surface area is 70.9 Å². The summed E-state index contributed by atoms with van der Waals surface area (Å²) in [5.41, 5.74) is 0. The Kier molecular flexibility index (Phi) is 3.73. The van der Waals surface area contributed by atoms with E-state index in [4.69, 9.17) is 5.11 Å². The van der Waals surface area contributed by atoms with E-state index >= 15 is 0 Å². The van der Waals surface area contributed by atoms with Gasteiger partial charge in [0.05, 0.1) is 3.23 Å². The highest BCUT2D eigenvalue weighted by Crippen LogP contribution is 2.30. The van der Waals surface area contributed by atoms with Crippen LogP contribution in [-0.4, -0.2) is 14.3 Å². The summed E-state index contributed by atoms with van der Waals surface area (Å²) in [5.74, 6) is -0.764. The Balaban J connectivity index is 3.39. The van der Waals surface area contributed by atoms with Gasteiger partial charge in [0.15, 0.2) is 0 Å². The molecule has 1 N–H and O–H groups in total. The summed E-state index contributed by atoms with van der Waals surface area (Å²) in [7, 11) is 0. The van der Waals surface area contributed by atoms with E-state index in [2.05, 4.69) is 31.9 Å². The zero-order valence-corrected chi connectivity index (χ0v) is 8.20. The number of hydrogen-bond acceptors (Lipinski definition) is 1. The number of carboxylic acid groups (broad SMARTS) is 1. The Morgan fingerprint density at radius 2 is 2.11 bits per heavy atom. The second-order valence-corrected chi connectivity index (χ2v) is 6.53. The third-order valence-electron chi connectivity index (χ3n) is 0.778. The molecule has 0 aliphatic heterocycles. The minimum Gasteiger partial charge on any atom is -0.481 e. The molecule has 9 heavy (non-hydrogen) atoms. The fourth-order valence-corrected chi connectivity index (χ4v) is 0.723. The van der Waals surface area contributed by atoms with Gasteiger partial charge in [-0.2, -0.15) is 0 Å². The first-order valence-electron chi connectivity index (χ1n) is 2.51. The van der Waals surface area contributed by atoms with E-state index in [0.29, 0.717) is 6.42 Å². The van der Waals surface area contributed by atoms with Crippen LogP contribution in [0.15, 0.2) is 0 Å². The van der Waals surface area contributed by atoms with Crippen molar-refractivity contribution in [3.8, 4) is 0 Å². The van der Waals surface area contributed by atoms with E-state index in [0.717, 1.165) is 0 Å². The molecule has 0 aromatic rings. The first-order chi connectivity index (χ1) is 3.92. The summed E-state index contributed by atoms with van der Waals surface area (Å²) < 4.78 is -0.224. The molecular weight excluding hydrogens is 252 g/mol. The Bertz CT molecular complexity index is 106.